The lowest BCUT2D eigenvalue weighted by Crippen LogP contribution is -2.67. The number of carbonyl (C=O) groups is 2. The molecule has 0 amide bonds. The molecule has 28 heteroatoms. The second kappa shape index (κ2) is 25.1. The fraction of sp³-hybridized carbons (Fsp3) is 0.933. The molecule has 33 atom stereocenters. The van der Waals surface area contributed by atoms with Gasteiger partial charge in [-0.3, -0.25) is 4.79 Å². The highest BCUT2D eigenvalue weighted by atomic mass is 16.8. The van der Waals surface area contributed by atoms with E-state index in [1.54, 1.807) is 0 Å². The van der Waals surface area contributed by atoms with Gasteiger partial charge in [-0.2, -0.15) is 0 Å². The molecule has 0 radical (unpaired) electrons. The van der Waals surface area contributed by atoms with E-state index in [0.29, 0.717) is 51.4 Å². The summed E-state index contributed by atoms with van der Waals surface area (Å²) >= 11 is 0. The highest BCUT2D eigenvalue weighted by molar-refractivity contribution is 5.79. The Kier molecular flexibility index (Phi) is 19.6. The van der Waals surface area contributed by atoms with Gasteiger partial charge in [0.1, 0.15) is 110 Å². The number of aliphatic hydroxyl groups is 15. The van der Waals surface area contributed by atoms with Crippen LogP contribution in [0.5, 0.6) is 0 Å². The first kappa shape index (κ1) is 68.6. The lowest BCUT2D eigenvalue weighted by Gasteiger charge is -2.71. The lowest BCUT2D eigenvalue weighted by molar-refractivity contribution is -0.374. The van der Waals surface area contributed by atoms with Crippen LogP contribution < -0.4 is 0 Å². The third kappa shape index (κ3) is 11.4. The van der Waals surface area contributed by atoms with Crippen molar-refractivity contribution in [3.8, 4) is 0 Å². The molecule has 88 heavy (non-hydrogen) atoms. The SMILES string of the molecule is CC1OC(OC2C(CO)OC(OCC3OC(OC(=O)C45CCC(C)(C)CC4C4=CCC6C7(C)CCC(OC8OC(C(=O)O)C(O)C(O)C8OC8OC(CO)C(O)C(O)C8O)C(C)(C)C7CCC6(C)C4(C)CC5)C(O)C(O)C3O)C(O)C2O)C(O)C(O)C1O. The monoisotopic (exact) mass is 1260 g/mol. The van der Waals surface area contributed by atoms with Crippen LogP contribution in [-0.2, 0) is 57.0 Å². The fourth-order valence-electron chi connectivity index (χ4n) is 17.8. The first-order valence-electron chi connectivity index (χ1n) is 31.2. The summed E-state index contributed by atoms with van der Waals surface area (Å²) in [6, 6.07) is 0. The van der Waals surface area contributed by atoms with E-state index in [1.165, 1.54) is 6.92 Å². The molecule has 28 nitrogen and oxygen atoms in total. The molecule has 10 rings (SSSR count). The maximum absolute atomic E-state index is 15.3. The zero-order valence-electron chi connectivity index (χ0n) is 51.1. The van der Waals surface area contributed by atoms with Gasteiger partial charge in [0.2, 0.25) is 6.29 Å². The van der Waals surface area contributed by atoms with Gasteiger partial charge in [0.25, 0.3) is 0 Å². The van der Waals surface area contributed by atoms with Gasteiger partial charge in [0.15, 0.2) is 31.3 Å². The Morgan fingerprint density at radius 3 is 1.74 bits per heavy atom. The molecule has 16 N–H and O–H groups in total. The molecule has 0 aromatic rings. The van der Waals surface area contributed by atoms with Crippen molar-refractivity contribution < 1.29 is 139 Å². The first-order chi connectivity index (χ1) is 41.1. The van der Waals surface area contributed by atoms with Gasteiger partial charge < -0.3 is 129 Å². The Morgan fingerprint density at radius 1 is 0.534 bits per heavy atom. The third-order valence-corrected chi connectivity index (χ3v) is 23.4. The van der Waals surface area contributed by atoms with Gasteiger partial charge in [-0.05, 0) is 116 Å². The van der Waals surface area contributed by atoms with Crippen molar-refractivity contribution in [2.24, 2.45) is 50.2 Å². The second-order valence-electron chi connectivity index (χ2n) is 29.1. The van der Waals surface area contributed by atoms with Gasteiger partial charge in [0, 0.05) is 0 Å². The summed E-state index contributed by atoms with van der Waals surface area (Å²) in [6.07, 6.45) is -35.1. The number of aliphatic carboxylic acids is 1. The molecule has 33 unspecified atom stereocenters. The zero-order valence-corrected chi connectivity index (χ0v) is 51.1. The van der Waals surface area contributed by atoms with E-state index in [0.717, 1.165) is 18.4 Å². The van der Waals surface area contributed by atoms with E-state index in [9.17, 15) is 86.5 Å². The van der Waals surface area contributed by atoms with Crippen LogP contribution >= 0.6 is 0 Å². The Hall–Kier alpha value is -2.28. The van der Waals surface area contributed by atoms with Crippen molar-refractivity contribution in [3.05, 3.63) is 11.6 Å². The number of rotatable bonds is 14. The summed E-state index contributed by atoms with van der Waals surface area (Å²) < 4.78 is 59.1. The van der Waals surface area contributed by atoms with Crippen molar-refractivity contribution in [3.63, 3.8) is 0 Å². The fourth-order valence-corrected chi connectivity index (χ4v) is 17.8. The average molecular weight is 1270 g/mol. The number of carbonyl (C=O) groups excluding carboxylic acids is 1. The van der Waals surface area contributed by atoms with Crippen molar-refractivity contribution in [2.75, 3.05) is 19.8 Å². The molecule has 10 aliphatic rings. The molecular weight excluding hydrogens is 1170 g/mol. The molecule has 0 aromatic heterocycles. The van der Waals surface area contributed by atoms with Gasteiger partial charge in [-0.15, -0.1) is 0 Å². The van der Waals surface area contributed by atoms with Crippen LogP contribution in [0.15, 0.2) is 11.6 Å². The maximum atomic E-state index is 15.3. The Morgan fingerprint density at radius 2 is 1.09 bits per heavy atom. The second-order valence-corrected chi connectivity index (χ2v) is 29.1. The molecule has 5 saturated heterocycles. The standard InChI is InChI=1S/C60H96O28/c1-23-32(63)35(66)41(72)50(80-23)85-45-27(21-62)82-49(44(75)40(45)71)79-22-28-34(65)37(68)43(74)52(83-28)88-54(78)60-17-15-55(2,3)19-25(60)24-9-10-30-57(6)13-12-31(56(4,5)29(57)11-14-59(30,8)58(24,7)16-18-60)84-53-47(39(70)38(69)46(86-53)48(76)77)87-51-42(73)36(67)33(64)26(20-61)81-51/h9,23,25-47,49-53,61-75H,10-22H2,1-8H3,(H,76,77). The van der Waals surface area contributed by atoms with Crippen LogP contribution in [0.1, 0.15) is 120 Å². The number of esters is 1. The zero-order chi connectivity index (χ0) is 64.4. The molecule has 0 bridgehead atoms. The number of carboxylic acids is 1. The highest BCUT2D eigenvalue weighted by Crippen LogP contribution is 2.76. The molecular formula is C60H96O28. The molecule has 0 spiro atoms. The third-order valence-electron chi connectivity index (χ3n) is 23.4. The summed E-state index contributed by atoms with van der Waals surface area (Å²) in [4.78, 5) is 27.7. The van der Waals surface area contributed by atoms with E-state index in [1.807, 2.05) is 0 Å². The van der Waals surface area contributed by atoms with Crippen molar-refractivity contribution >= 4 is 11.9 Å². The van der Waals surface area contributed by atoms with Crippen molar-refractivity contribution in [1.82, 2.24) is 0 Å². The Balaban J connectivity index is 0.837. The summed E-state index contributed by atoms with van der Waals surface area (Å²) in [5, 5.41) is 172. The maximum Gasteiger partial charge on any atom is 0.335 e. The predicted octanol–water partition coefficient (Wildman–Crippen LogP) is -3.09. The van der Waals surface area contributed by atoms with Crippen LogP contribution in [0.2, 0.25) is 0 Å². The van der Waals surface area contributed by atoms with E-state index < -0.39 is 208 Å². The van der Waals surface area contributed by atoms with E-state index in [4.69, 9.17) is 47.4 Å². The molecule has 5 heterocycles. The van der Waals surface area contributed by atoms with Crippen LogP contribution in [0.3, 0.4) is 0 Å². The molecule has 5 aliphatic heterocycles. The first-order valence-corrected chi connectivity index (χ1v) is 31.2. The minimum Gasteiger partial charge on any atom is -0.479 e. The number of carboxylic acid groups (broad SMARTS) is 1. The van der Waals surface area contributed by atoms with E-state index >= 15 is 4.79 Å². The molecule has 9 fully saturated rings. The number of hydrogen-bond acceptors (Lipinski definition) is 27. The lowest BCUT2D eigenvalue weighted by atomic mass is 9.33. The summed E-state index contributed by atoms with van der Waals surface area (Å²) in [7, 11) is 0. The molecule has 0 aromatic carbocycles. The van der Waals surface area contributed by atoms with E-state index in [2.05, 4.69) is 54.5 Å². The van der Waals surface area contributed by atoms with Crippen molar-refractivity contribution in [1.29, 1.82) is 0 Å². The van der Waals surface area contributed by atoms with Crippen LogP contribution in [0.4, 0.5) is 0 Å². The van der Waals surface area contributed by atoms with Crippen molar-refractivity contribution in [2.45, 2.75) is 279 Å². The normalized spacial score (nSPS) is 53.5. The minimum absolute atomic E-state index is 0.0115. The van der Waals surface area contributed by atoms with Crippen LogP contribution in [-0.4, -0.2) is 273 Å². The number of ether oxygens (including phenoxy) is 10. The largest absolute Gasteiger partial charge is 0.479 e. The Labute approximate surface area is 510 Å². The highest BCUT2D eigenvalue weighted by Gasteiger charge is 2.70. The van der Waals surface area contributed by atoms with Crippen LogP contribution in [0, 0.1) is 50.2 Å². The molecule has 5 aliphatic carbocycles. The molecule has 504 valence electrons. The number of hydrogen-bond donors (Lipinski definition) is 16. The molecule has 4 saturated carbocycles. The van der Waals surface area contributed by atoms with Gasteiger partial charge in [0.05, 0.1) is 37.4 Å². The van der Waals surface area contributed by atoms with Gasteiger partial charge >= 0.3 is 11.9 Å². The quantitative estimate of drug-likeness (QED) is 0.0466. The van der Waals surface area contributed by atoms with Gasteiger partial charge in [-0.1, -0.05) is 60.1 Å². The topological polar surface area (TPSA) is 450 Å². The van der Waals surface area contributed by atoms with Gasteiger partial charge in [-0.25, -0.2) is 4.79 Å². The average Bonchev–Trinajstić information content (AvgIpc) is 0.679. The summed E-state index contributed by atoms with van der Waals surface area (Å²) in [6.45, 7) is 14.7. The minimum atomic E-state index is -2.02. The summed E-state index contributed by atoms with van der Waals surface area (Å²) in [5.41, 5.74) is -1.79. The number of fused-ring (bicyclic) bond motifs is 7. The number of aliphatic hydroxyl groups excluding tert-OH is 15. The smallest absolute Gasteiger partial charge is 0.335 e. The summed E-state index contributed by atoms with van der Waals surface area (Å²) in [5.74, 6) is -2.39. The van der Waals surface area contributed by atoms with E-state index in [-0.39, 0.29) is 34.0 Å². The van der Waals surface area contributed by atoms with Crippen LogP contribution in [0.25, 0.3) is 0 Å². The number of allylic oxidation sites excluding steroid dienone is 2. The Bertz CT molecular complexity index is 2500. The predicted molar refractivity (Wildman–Crippen MR) is 295 cm³/mol.